The van der Waals surface area contributed by atoms with Gasteiger partial charge < -0.3 is 11.1 Å². The van der Waals surface area contributed by atoms with Gasteiger partial charge in [0.25, 0.3) is 0 Å². The molecule has 0 saturated carbocycles. The van der Waals surface area contributed by atoms with Crippen LogP contribution in [0.2, 0.25) is 0 Å². The van der Waals surface area contributed by atoms with Crippen LogP contribution < -0.4 is 6.15 Å². The van der Waals surface area contributed by atoms with Gasteiger partial charge in [0.1, 0.15) is 0 Å². The second-order valence-corrected chi connectivity index (χ2v) is 3.49. The molecule has 1 aliphatic heterocycles. The molecular formula is C13H16N2O. The second-order valence-electron chi connectivity index (χ2n) is 3.49. The molecule has 0 saturated heterocycles. The lowest BCUT2D eigenvalue weighted by atomic mass is 10.1. The van der Waals surface area contributed by atoms with Crippen molar-refractivity contribution in [3.05, 3.63) is 60.3 Å². The average Bonchev–Trinajstić information content (AvgIpc) is 2.31. The molecule has 1 heterocycles. The van der Waals surface area contributed by atoms with Crippen molar-refractivity contribution < 1.29 is 4.79 Å². The highest BCUT2D eigenvalue weighted by Gasteiger charge is 2.08. The lowest BCUT2D eigenvalue weighted by Crippen LogP contribution is -2.26. The Hall–Kier alpha value is -1.87. The highest BCUT2D eigenvalue weighted by molar-refractivity contribution is 5.97. The van der Waals surface area contributed by atoms with Crippen LogP contribution in [0, 0.1) is 0 Å². The van der Waals surface area contributed by atoms with Gasteiger partial charge >= 0.3 is 0 Å². The summed E-state index contributed by atoms with van der Waals surface area (Å²) in [5, 5.41) is 0. The molecule has 0 radical (unpaired) electrons. The SMILES string of the molecule is N.O=C(CN1C=CC=CC1)c1ccccc1. The van der Waals surface area contributed by atoms with Gasteiger partial charge in [0, 0.05) is 12.1 Å². The largest absolute Gasteiger partial charge is 0.366 e. The van der Waals surface area contributed by atoms with Gasteiger partial charge in [0.05, 0.1) is 6.54 Å². The number of carbonyl (C=O) groups is 1. The highest BCUT2D eigenvalue weighted by Crippen LogP contribution is 2.04. The molecule has 3 N–H and O–H groups in total. The third-order valence-corrected chi connectivity index (χ3v) is 2.33. The number of allylic oxidation sites excluding steroid dienone is 2. The molecule has 0 aliphatic carbocycles. The highest BCUT2D eigenvalue weighted by atomic mass is 16.1. The number of nitrogens with zero attached hydrogens (tertiary/aromatic N) is 1. The number of benzene rings is 1. The average molecular weight is 216 g/mol. The van der Waals surface area contributed by atoms with Crippen LogP contribution in [0.3, 0.4) is 0 Å². The number of ketones is 1. The monoisotopic (exact) mass is 216 g/mol. The Bertz CT molecular complexity index is 396. The summed E-state index contributed by atoms with van der Waals surface area (Å²) in [6.45, 7) is 1.26. The van der Waals surface area contributed by atoms with E-state index in [4.69, 9.17) is 0 Å². The zero-order valence-corrected chi connectivity index (χ0v) is 9.17. The maximum absolute atomic E-state index is 11.8. The van der Waals surface area contributed by atoms with E-state index in [1.807, 2.05) is 59.7 Å². The van der Waals surface area contributed by atoms with Crippen LogP contribution in [0.15, 0.2) is 54.8 Å². The number of rotatable bonds is 3. The van der Waals surface area contributed by atoms with Crippen LogP contribution in [0.25, 0.3) is 0 Å². The summed E-state index contributed by atoms with van der Waals surface area (Å²) in [6, 6.07) is 9.40. The lowest BCUT2D eigenvalue weighted by molar-refractivity contribution is 0.0959. The Kier molecular flexibility index (Phi) is 4.48. The summed E-state index contributed by atoms with van der Waals surface area (Å²) >= 11 is 0. The number of hydrogen-bond donors (Lipinski definition) is 1. The van der Waals surface area contributed by atoms with Crippen LogP contribution in [0.1, 0.15) is 10.4 Å². The molecule has 0 unspecified atom stereocenters. The molecule has 3 heteroatoms. The van der Waals surface area contributed by atoms with E-state index >= 15 is 0 Å². The van der Waals surface area contributed by atoms with Gasteiger partial charge in [-0.2, -0.15) is 0 Å². The summed E-state index contributed by atoms with van der Waals surface area (Å²) < 4.78 is 0. The molecule has 1 aromatic carbocycles. The van der Waals surface area contributed by atoms with Crippen LogP contribution in [-0.4, -0.2) is 23.8 Å². The molecule has 16 heavy (non-hydrogen) atoms. The van der Waals surface area contributed by atoms with Crippen LogP contribution in [0.5, 0.6) is 0 Å². The fourth-order valence-corrected chi connectivity index (χ4v) is 1.52. The second kappa shape index (κ2) is 5.88. The molecule has 0 aromatic heterocycles. The van der Waals surface area contributed by atoms with E-state index in [2.05, 4.69) is 0 Å². The van der Waals surface area contributed by atoms with E-state index in [0.717, 1.165) is 12.1 Å². The van der Waals surface area contributed by atoms with E-state index in [-0.39, 0.29) is 11.9 Å². The minimum Gasteiger partial charge on any atom is -0.366 e. The van der Waals surface area contributed by atoms with Crippen molar-refractivity contribution in [1.29, 1.82) is 0 Å². The molecule has 0 fully saturated rings. The van der Waals surface area contributed by atoms with Crippen molar-refractivity contribution in [1.82, 2.24) is 11.1 Å². The molecule has 0 amide bonds. The first-order chi connectivity index (χ1) is 7.36. The Balaban J connectivity index is 0.00000128. The minimum atomic E-state index is 0. The first-order valence-corrected chi connectivity index (χ1v) is 5.02. The molecule has 84 valence electrons. The summed E-state index contributed by atoms with van der Waals surface area (Å²) in [7, 11) is 0. The molecule has 0 bridgehead atoms. The van der Waals surface area contributed by atoms with E-state index in [0.29, 0.717) is 6.54 Å². The summed E-state index contributed by atoms with van der Waals surface area (Å²) in [5.74, 6) is 0.163. The van der Waals surface area contributed by atoms with Gasteiger partial charge in [-0.1, -0.05) is 42.5 Å². The van der Waals surface area contributed by atoms with Crippen molar-refractivity contribution in [2.45, 2.75) is 0 Å². The summed E-state index contributed by atoms with van der Waals surface area (Å²) in [5.41, 5.74) is 0.778. The van der Waals surface area contributed by atoms with Gasteiger partial charge in [-0.15, -0.1) is 0 Å². The van der Waals surface area contributed by atoms with Crippen molar-refractivity contribution in [2.24, 2.45) is 0 Å². The van der Waals surface area contributed by atoms with Crippen molar-refractivity contribution in [2.75, 3.05) is 13.1 Å². The van der Waals surface area contributed by atoms with Crippen LogP contribution in [0.4, 0.5) is 0 Å². The predicted molar refractivity (Wildman–Crippen MR) is 65.6 cm³/mol. The Morgan fingerprint density at radius 1 is 1.19 bits per heavy atom. The minimum absolute atomic E-state index is 0. The van der Waals surface area contributed by atoms with Crippen LogP contribution in [-0.2, 0) is 0 Å². The fraction of sp³-hybridized carbons (Fsp3) is 0.154. The Labute approximate surface area is 95.7 Å². The molecule has 3 nitrogen and oxygen atoms in total. The zero-order chi connectivity index (χ0) is 10.5. The molecule has 1 aromatic rings. The first kappa shape index (κ1) is 12.2. The van der Waals surface area contributed by atoms with Crippen molar-refractivity contribution in [3.8, 4) is 0 Å². The maximum Gasteiger partial charge on any atom is 0.182 e. The maximum atomic E-state index is 11.8. The van der Waals surface area contributed by atoms with Gasteiger partial charge in [-0.05, 0) is 12.3 Å². The predicted octanol–water partition coefficient (Wildman–Crippen LogP) is 2.42. The topological polar surface area (TPSA) is 55.3 Å². The fourth-order valence-electron chi connectivity index (χ4n) is 1.52. The number of carbonyl (C=O) groups excluding carboxylic acids is 1. The van der Waals surface area contributed by atoms with E-state index in [1.54, 1.807) is 0 Å². The zero-order valence-electron chi connectivity index (χ0n) is 9.17. The van der Waals surface area contributed by atoms with E-state index in [1.165, 1.54) is 0 Å². The number of Topliss-reactive ketones (excluding diaryl/α,β-unsaturated/α-hetero) is 1. The van der Waals surface area contributed by atoms with Gasteiger partial charge in [-0.25, -0.2) is 0 Å². The third-order valence-electron chi connectivity index (χ3n) is 2.33. The molecule has 0 atom stereocenters. The van der Waals surface area contributed by atoms with Crippen LogP contribution >= 0.6 is 0 Å². The van der Waals surface area contributed by atoms with Gasteiger partial charge in [0.2, 0.25) is 0 Å². The third kappa shape index (κ3) is 3.07. The molecule has 1 aliphatic rings. The Morgan fingerprint density at radius 2 is 1.94 bits per heavy atom. The standard InChI is InChI=1S/C13H13NO.H3N/c15-13(12-7-3-1-4-8-12)11-14-9-5-2-6-10-14;/h1-9H,10-11H2;1H3. The number of hydrogen-bond acceptors (Lipinski definition) is 3. The Morgan fingerprint density at radius 3 is 2.56 bits per heavy atom. The smallest absolute Gasteiger partial charge is 0.182 e. The normalized spacial score (nSPS) is 13.4. The first-order valence-electron chi connectivity index (χ1n) is 5.02. The quantitative estimate of drug-likeness (QED) is 0.789. The van der Waals surface area contributed by atoms with E-state index in [9.17, 15) is 4.79 Å². The molecular weight excluding hydrogens is 200 g/mol. The van der Waals surface area contributed by atoms with Gasteiger partial charge in [0.15, 0.2) is 5.78 Å². The van der Waals surface area contributed by atoms with E-state index < -0.39 is 0 Å². The molecule has 2 rings (SSSR count). The van der Waals surface area contributed by atoms with Crippen molar-refractivity contribution in [3.63, 3.8) is 0 Å². The summed E-state index contributed by atoms with van der Waals surface area (Å²) in [6.07, 6.45) is 7.92. The lowest BCUT2D eigenvalue weighted by Gasteiger charge is -2.19. The molecule has 0 spiro atoms. The summed E-state index contributed by atoms with van der Waals surface area (Å²) in [4.78, 5) is 13.8. The van der Waals surface area contributed by atoms with Gasteiger partial charge in [-0.3, -0.25) is 4.79 Å². The van der Waals surface area contributed by atoms with Crippen molar-refractivity contribution >= 4 is 5.78 Å².